The van der Waals surface area contributed by atoms with Crippen molar-refractivity contribution in [1.82, 2.24) is 0 Å². The Bertz CT molecular complexity index is 639. The minimum Gasteiger partial charge on any atom is -0.494 e. The van der Waals surface area contributed by atoms with Gasteiger partial charge in [-0.1, -0.05) is 0 Å². The van der Waals surface area contributed by atoms with Crippen LogP contribution < -0.4 is 9.47 Å². The maximum Gasteiger partial charge on any atom is 0.335 e. The van der Waals surface area contributed by atoms with Crippen LogP contribution in [0.25, 0.3) is 0 Å². The summed E-state index contributed by atoms with van der Waals surface area (Å²) in [6, 6.07) is 5.32. The minimum absolute atomic E-state index is 0.133. The first-order chi connectivity index (χ1) is 11.4. The number of benzene rings is 1. The van der Waals surface area contributed by atoms with Crippen LogP contribution in [0.3, 0.4) is 0 Å². The summed E-state index contributed by atoms with van der Waals surface area (Å²) in [5, 5.41) is -0.223. The number of hydrogen-bond acceptors (Lipinski definition) is 7. The van der Waals surface area contributed by atoms with Gasteiger partial charge in [0, 0.05) is 6.07 Å². The molecule has 24 heavy (non-hydrogen) atoms. The van der Waals surface area contributed by atoms with Crippen molar-refractivity contribution in [3.63, 3.8) is 0 Å². The number of ether oxygens (including phenoxy) is 2. The molecular formula is C16H23O6PS. The second-order valence-electron chi connectivity index (χ2n) is 5.37. The van der Waals surface area contributed by atoms with Gasteiger partial charge in [-0.25, -0.2) is 0 Å². The van der Waals surface area contributed by atoms with E-state index in [4.69, 9.17) is 18.5 Å². The number of thioether (sulfide) groups is 1. The first-order valence-electron chi connectivity index (χ1n) is 7.92. The molecule has 0 spiro atoms. The summed E-state index contributed by atoms with van der Waals surface area (Å²) in [5.41, 5.74) is -1.29. The van der Waals surface area contributed by atoms with E-state index in [0.717, 1.165) is 11.8 Å². The number of fused-ring (bicyclic) bond motifs is 1. The lowest BCUT2D eigenvalue weighted by Crippen LogP contribution is -2.45. The van der Waals surface area contributed by atoms with Gasteiger partial charge in [-0.3, -0.25) is 9.36 Å². The zero-order chi connectivity index (χ0) is 17.8. The van der Waals surface area contributed by atoms with Gasteiger partial charge >= 0.3 is 7.60 Å². The summed E-state index contributed by atoms with van der Waals surface area (Å²) in [5.74, 6) is 1.19. The van der Waals surface area contributed by atoms with Crippen LogP contribution in [0.5, 0.6) is 11.5 Å². The molecule has 0 bridgehead atoms. The van der Waals surface area contributed by atoms with Gasteiger partial charge in [0.25, 0.3) is 0 Å². The molecule has 8 heteroatoms. The van der Waals surface area contributed by atoms with Crippen molar-refractivity contribution in [2.45, 2.75) is 38.2 Å². The second-order valence-corrected chi connectivity index (χ2v) is 8.44. The molecule has 0 saturated heterocycles. The molecule has 134 valence electrons. The van der Waals surface area contributed by atoms with Crippen LogP contribution >= 0.6 is 19.4 Å². The van der Waals surface area contributed by atoms with E-state index in [1.165, 1.54) is 0 Å². The molecule has 0 radical (unpaired) electrons. The average molecular weight is 374 g/mol. The Morgan fingerprint density at radius 2 is 1.83 bits per heavy atom. The molecule has 2 rings (SSSR count). The first-order valence-corrected chi connectivity index (χ1v) is 10.5. The predicted octanol–water partition coefficient (Wildman–Crippen LogP) is 4.12. The van der Waals surface area contributed by atoms with Crippen molar-refractivity contribution in [1.29, 1.82) is 0 Å². The molecule has 0 aromatic heterocycles. The standard InChI is InChI=1S/C16H23O6PS/c1-5-19-12-8-9-14-13(10-12)22-16(4,15(17)24-14)11-23(18,20-6-2)21-7-3/h8-10H,5-7,11H2,1-4H3. The molecule has 1 aromatic carbocycles. The van der Waals surface area contributed by atoms with Gasteiger partial charge in [-0.05, 0) is 51.6 Å². The van der Waals surface area contributed by atoms with Crippen LogP contribution in [-0.2, 0) is 18.4 Å². The molecule has 1 heterocycles. The van der Waals surface area contributed by atoms with Gasteiger partial charge in [0.05, 0.1) is 30.9 Å². The molecule has 0 N–H and O–H groups in total. The normalized spacial score (nSPS) is 20.4. The molecule has 1 aliphatic heterocycles. The van der Waals surface area contributed by atoms with Crippen molar-refractivity contribution in [2.24, 2.45) is 0 Å². The van der Waals surface area contributed by atoms with Crippen molar-refractivity contribution >= 4 is 24.5 Å². The van der Waals surface area contributed by atoms with E-state index in [1.54, 1.807) is 39.0 Å². The van der Waals surface area contributed by atoms with Gasteiger partial charge in [0.2, 0.25) is 5.12 Å². The maximum atomic E-state index is 12.8. The van der Waals surface area contributed by atoms with E-state index < -0.39 is 13.2 Å². The second kappa shape index (κ2) is 7.91. The summed E-state index contributed by atoms with van der Waals surface area (Å²) >= 11 is 1.07. The Balaban J connectivity index is 2.28. The molecule has 1 unspecified atom stereocenters. The molecule has 0 aliphatic carbocycles. The lowest BCUT2D eigenvalue weighted by Gasteiger charge is -2.35. The highest BCUT2D eigenvalue weighted by molar-refractivity contribution is 8.14. The fourth-order valence-electron chi connectivity index (χ4n) is 2.39. The van der Waals surface area contributed by atoms with E-state index in [9.17, 15) is 9.36 Å². The average Bonchev–Trinajstić information content (AvgIpc) is 2.49. The Labute approximate surface area is 146 Å². The maximum absolute atomic E-state index is 12.8. The lowest BCUT2D eigenvalue weighted by molar-refractivity contribution is -0.123. The molecule has 0 saturated carbocycles. The fourth-order valence-corrected chi connectivity index (χ4v) is 5.35. The Hall–Kier alpha value is -1.01. The van der Waals surface area contributed by atoms with Gasteiger partial charge in [-0.15, -0.1) is 0 Å². The van der Waals surface area contributed by atoms with E-state index in [2.05, 4.69) is 0 Å². The van der Waals surface area contributed by atoms with Crippen molar-refractivity contribution < 1.29 is 27.9 Å². The SMILES string of the molecule is CCOc1ccc2c(c1)OC(C)(CP(=O)(OCC)OCC)C(=O)S2. The quantitative estimate of drug-likeness (QED) is 0.634. The molecule has 0 amide bonds. The molecule has 1 aromatic rings. The van der Waals surface area contributed by atoms with Crippen molar-refractivity contribution in [3.8, 4) is 11.5 Å². The van der Waals surface area contributed by atoms with Crippen LogP contribution in [0.2, 0.25) is 0 Å². The summed E-state index contributed by atoms with van der Waals surface area (Å²) < 4.78 is 34.8. The van der Waals surface area contributed by atoms with E-state index in [1.807, 2.05) is 6.92 Å². The molecule has 0 fully saturated rings. The Kier molecular flexibility index (Phi) is 6.37. The van der Waals surface area contributed by atoms with Gasteiger partial charge < -0.3 is 18.5 Å². The van der Waals surface area contributed by atoms with E-state index >= 15 is 0 Å². The number of carbonyl (C=O) groups is 1. The minimum atomic E-state index is -3.42. The van der Waals surface area contributed by atoms with Gasteiger partial charge in [0.1, 0.15) is 11.5 Å². The summed E-state index contributed by atoms with van der Waals surface area (Å²) in [7, 11) is -3.42. The smallest absolute Gasteiger partial charge is 0.335 e. The van der Waals surface area contributed by atoms with E-state index in [-0.39, 0.29) is 24.5 Å². The van der Waals surface area contributed by atoms with Crippen LogP contribution in [0, 0.1) is 0 Å². The molecule has 1 aliphatic rings. The third-order valence-electron chi connectivity index (χ3n) is 3.34. The Morgan fingerprint density at radius 3 is 2.42 bits per heavy atom. The highest BCUT2D eigenvalue weighted by atomic mass is 32.2. The summed E-state index contributed by atoms with van der Waals surface area (Å²) in [6.45, 7) is 7.98. The summed E-state index contributed by atoms with van der Waals surface area (Å²) in [4.78, 5) is 13.3. The fraction of sp³-hybridized carbons (Fsp3) is 0.562. The largest absolute Gasteiger partial charge is 0.494 e. The number of carbonyl (C=O) groups excluding carboxylic acids is 1. The molecule has 6 nitrogen and oxygen atoms in total. The van der Waals surface area contributed by atoms with Crippen LogP contribution in [0.1, 0.15) is 27.7 Å². The predicted molar refractivity (Wildman–Crippen MR) is 93.2 cm³/mol. The van der Waals surface area contributed by atoms with Gasteiger partial charge in [-0.2, -0.15) is 0 Å². The third kappa shape index (κ3) is 4.33. The zero-order valence-electron chi connectivity index (χ0n) is 14.4. The van der Waals surface area contributed by atoms with Crippen molar-refractivity contribution in [3.05, 3.63) is 18.2 Å². The van der Waals surface area contributed by atoms with E-state index in [0.29, 0.717) is 23.0 Å². The highest BCUT2D eigenvalue weighted by Crippen LogP contribution is 2.54. The summed E-state index contributed by atoms with van der Waals surface area (Å²) in [6.07, 6.45) is -0.133. The number of rotatable bonds is 8. The third-order valence-corrected chi connectivity index (χ3v) is 6.81. The first kappa shape index (κ1) is 19.3. The van der Waals surface area contributed by atoms with Crippen LogP contribution in [0.15, 0.2) is 23.1 Å². The van der Waals surface area contributed by atoms with Crippen LogP contribution in [-0.4, -0.2) is 36.7 Å². The zero-order valence-corrected chi connectivity index (χ0v) is 16.1. The lowest BCUT2D eigenvalue weighted by atomic mass is 10.1. The van der Waals surface area contributed by atoms with Crippen molar-refractivity contribution in [2.75, 3.05) is 26.0 Å². The molecular weight excluding hydrogens is 351 g/mol. The van der Waals surface area contributed by atoms with Gasteiger partial charge in [0.15, 0.2) is 5.60 Å². The highest BCUT2D eigenvalue weighted by Gasteiger charge is 2.47. The van der Waals surface area contributed by atoms with Crippen LogP contribution in [0.4, 0.5) is 0 Å². The number of hydrogen-bond donors (Lipinski definition) is 0. The molecule has 1 atom stereocenters. The Morgan fingerprint density at radius 1 is 1.17 bits per heavy atom. The monoisotopic (exact) mass is 374 g/mol. The topological polar surface area (TPSA) is 71.1 Å².